The van der Waals surface area contributed by atoms with E-state index in [1.807, 2.05) is 0 Å². The average Bonchev–Trinajstić information content (AvgIpc) is 2.48. The molecule has 0 fully saturated rings. The molecule has 0 aliphatic carbocycles. The summed E-state index contributed by atoms with van der Waals surface area (Å²) in [5.41, 5.74) is -0.223. The van der Waals surface area contributed by atoms with Gasteiger partial charge in [0.25, 0.3) is 10.0 Å². The van der Waals surface area contributed by atoms with Crippen LogP contribution in [0, 0.1) is 28.8 Å². The Balaban J connectivity index is 2.37. The fourth-order valence-corrected chi connectivity index (χ4v) is 2.62. The van der Waals surface area contributed by atoms with Crippen LogP contribution in [-0.4, -0.2) is 8.42 Å². The monoisotopic (exact) mass is 338 g/mol. The minimum atomic E-state index is -4.30. The lowest BCUT2D eigenvalue weighted by atomic mass is 10.2. The molecular weight excluding hydrogens is 329 g/mol. The summed E-state index contributed by atoms with van der Waals surface area (Å²) in [5.74, 6) is -2.39. The summed E-state index contributed by atoms with van der Waals surface area (Å²) in [7, 11) is -4.30. The Morgan fingerprint density at radius 3 is 2.22 bits per heavy atom. The topological polar surface area (TPSA) is 70.0 Å². The van der Waals surface area contributed by atoms with Gasteiger partial charge in [0.2, 0.25) is 0 Å². The number of hydrogen-bond acceptors (Lipinski definition) is 3. The summed E-state index contributed by atoms with van der Waals surface area (Å²) >= 11 is 0. The standard InChI is InChI=1S/C15H9F3N2O2S/c16-11-3-5-13(6-4-11)20-23(21,22)14(9-19)7-10-1-2-12(17)8-15(10)18/h1-8,20H/b14-7+. The van der Waals surface area contributed by atoms with Gasteiger partial charge in [0.05, 0.1) is 0 Å². The molecule has 4 nitrogen and oxygen atoms in total. The third kappa shape index (κ3) is 4.11. The molecule has 0 radical (unpaired) electrons. The first-order valence-electron chi connectivity index (χ1n) is 6.17. The van der Waals surface area contributed by atoms with Crippen LogP contribution < -0.4 is 4.72 Å². The maximum Gasteiger partial charge on any atom is 0.272 e. The summed E-state index contributed by atoms with van der Waals surface area (Å²) in [4.78, 5) is -0.771. The first kappa shape index (κ1) is 16.6. The van der Waals surface area contributed by atoms with E-state index in [4.69, 9.17) is 5.26 Å². The number of benzene rings is 2. The highest BCUT2D eigenvalue weighted by atomic mass is 32.2. The third-order valence-electron chi connectivity index (χ3n) is 2.75. The maximum absolute atomic E-state index is 13.6. The van der Waals surface area contributed by atoms with Crippen molar-refractivity contribution < 1.29 is 21.6 Å². The van der Waals surface area contributed by atoms with Crippen molar-refractivity contribution >= 4 is 21.8 Å². The van der Waals surface area contributed by atoms with Crippen LogP contribution in [0.2, 0.25) is 0 Å². The second-order valence-corrected chi connectivity index (χ2v) is 6.05. The Hall–Kier alpha value is -2.79. The maximum atomic E-state index is 13.6. The predicted molar refractivity (Wildman–Crippen MR) is 78.9 cm³/mol. The molecule has 23 heavy (non-hydrogen) atoms. The molecule has 0 atom stereocenters. The van der Waals surface area contributed by atoms with Crippen molar-refractivity contribution in [3.05, 3.63) is 70.4 Å². The zero-order valence-electron chi connectivity index (χ0n) is 11.4. The Bertz CT molecular complexity index is 901. The minimum absolute atomic E-state index is 0.0344. The number of nitrogens with zero attached hydrogens (tertiary/aromatic N) is 1. The van der Waals surface area contributed by atoms with Gasteiger partial charge in [0.15, 0.2) is 4.91 Å². The first-order chi connectivity index (χ1) is 10.8. The van der Waals surface area contributed by atoms with Gasteiger partial charge in [0.1, 0.15) is 23.5 Å². The van der Waals surface area contributed by atoms with Crippen molar-refractivity contribution in [3.63, 3.8) is 0 Å². The molecule has 0 spiro atoms. The Morgan fingerprint density at radius 2 is 1.65 bits per heavy atom. The van der Waals surface area contributed by atoms with E-state index in [0.29, 0.717) is 6.07 Å². The SMILES string of the molecule is N#C/C(=C\c1ccc(F)cc1F)S(=O)(=O)Nc1ccc(F)cc1. The third-order valence-corrected chi connectivity index (χ3v) is 4.04. The van der Waals surface area contributed by atoms with Crippen LogP contribution in [0.25, 0.3) is 6.08 Å². The van der Waals surface area contributed by atoms with Gasteiger partial charge in [-0.1, -0.05) is 0 Å². The van der Waals surface area contributed by atoms with Crippen molar-refractivity contribution in [2.75, 3.05) is 4.72 Å². The smallest absolute Gasteiger partial charge is 0.272 e. The van der Waals surface area contributed by atoms with Crippen molar-refractivity contribution in [1.29, 1.82) is 5.26 Å². The zero-order valence-corrected chi connectivity index (χ0v) is 12.2. The van der Waals surface area contributed by atoms with Gasteiger partial charge in [-0.05, 0) is 42.5 Å². The average molecular weight is 338 g/mol. The molecular formula is C15H9F3N2O2S. The molecule has 0 saturated carbocycles. The Labute approximate surface area is 130 Å². The molecule has 2 aromatic carbocycles. The van der Waals surface area contributed by atoms with Crippen LogP contribution in [0.1, 0.15) is 5.56 Å². The van der Waals surface area contributed by atoms with Crippen LogP contribution in [0.4, 0.5) is 18.9 Å². The lowest BCUT2D eigenvalue weighted by molar-refractivity contribution is 0.581. The molecule has 0 aliphatic rings. The van der Waals surface area contributed by atoms with Gasteiger partial charge in [-0.15, -0.1) is 0 Å². The highest BCUT2D eigenvalue weighted by Crippen LogP contribution is 2.19. The van der Waals surface area contributed by atoms with E-state index < -0.39 is 32.4 Å². The quantitative estimate of drug-likeness (QED) is 0.869. The number of nitriles is 1. The molecule has 0 aliphatic heterocycles. The molecule has 118 valence electrons. The number of rotatable bonds is 4. The summed E-state index contributed by atoms with van der Waals surface area (Å²) < 4.78 is 65.5. The van der Waals surface area contributed by atoms with Gasteiger partial charge < -0.3 is 0 Å². The largest absolute Gasteiger partial charge is 0.279 e. The van der Waals surface area contributed by atoms with Gasteiger partial charge in [-0.2, -0.15) is 5.26 Å². The van der Waals surface area contributed by atoms with Crippen LogP contribution in [0.15, 0.2) is 47.4 Å². The van der Waals surface area contributed by atoms with Crippen LogP contribution >= 0.6 is 0 Å². The van der Waals surface area contributed by atoms with E-state index >= 15 is 0 Å². The van der Waals surface area contributed by atoms with Gasteiger partial charge in [-0.25, -0.2) is 21.6 Å². The van der Waals surface area contributed by atoms with Crippen molar-refractivity contribution in [3.8, 4) is 6.07 Å². The minimum Gasteiger partial charge on any atom is -0.279 e. The molecule has 1 N–H and O–H groups in total. The number of anilines is 1. The van der Waals surface area contributed by atoms with Gasteiger partial charge in [-0.3, -0.25) is 4.72 Å². The number of nitrogens with one attached hydrogen (secondary N) is 1. The van der Waals surface area contributed by atoms with Gasteiger partial charge in [0, 0.05) is 17.3 Å². The molecule has 2 aromatic rings. The Kier molecular flexibility index (Phi) is 4.71. The highest BCUT2D eigenvalue weighted by Gasteiger charge is 2.18. The molecule has 0 amide bonds. The van der Waals surface area contributed by atoms with E-state index in [-0.39, 0.29) is 11.3 Å². The summed E-state index contributed by atoms with van der Waals surface area (Å²) in [6.07, 6.45) is 0.778. The van der Waals surface area contributed by atoms with Crippen molar-refractivity contribution in [2.45, 2.75) is 0 Å². The van der Waals surface area contributed by atoms with Crippen LogP contribution in [0.3, 0.4) is 0 Å². The van der Waals surface area contributed by atoms with Crippen LogP contribution in [-0.2, 0) is 10.0 Å². The van der Waals surface area contributed by atoms with Crippen LogP contribution in [0.5, 0.6) is 0 Å². The summed E-state index contributed by atoms with van der Waals surface area (Å²) in [5, 5.41) is 9.00. The fraction of sp³-hybridized carbons (Fsp3) is 0. The summed E-state index contributed by atoms with van der Waals surface area (Å²) in [6.45, 7) is 0. The first-order valence-corrected chi connectivity index (χ1v) is 7.65. The molecule has 0 heterocycles. The number of allylic oxidation sites excluding steroid dienone is 1. The lowest BCUT2D eigenvalue weighted by Crippen LogP contribution is -2.14. The van der Waals surface area contributed by atoms with Crippen molar-refractivity contribution in [1.82, 2.24) is 0 Å². The number of sulfonamides is 1. The van der Waals surface area contributed by atoms with E-state index in [0.717, 1.165) is 30.3 Å². The normalized spacial score (nSPS) is 11.8. The summed E-state index contributed by atoms with van der Waals surface area (Å²) in [6, 6.07) is 8.36. The van der Waals surface area contributed by atoms with Crippen molar-refractivity contribution in [2.24, 2.45) is 0 Å². The van der Waals surface area contributed by atoms with E-state index in [1.54, 1.807) is 0 Å². The van der Waals surface area contributed by atoms with E-state index in [2.05, 4.69) is 4.72 Å². The molecule has 0 saturated heterocycles. The molecule has 8 heteroatoms. The molecule has 2 rings (SSSR count). The number of halogens is 3. The predicted octanol–water partition coefficient (Wildman–Crippen LogP) is 3.41. The molecule has 0 bridgehead atoms. The zero-order chi connectivity index (χ0) is 17.0. The highest BCUT2D eigenvalue weighted by molar-refractivity contribution is 7.96. The second-order valence-electron chi connectivity index (χ2n) is 4.40. The number of hydrogen-bond donors (Lipinski definition) is 1. The molecule has 0 aromatic heterocycles. The van der Waals surface area contributed by atoms with E-state index in [1.165, 1.54) is 18.2 Å². The fourth-order valence-electron chi connectivity index (χ4n) is 1.66. The molecule has 0 unspecified atom stereocenters. The second kappa shape index (κ2) is 6.54. The van der Waals surface area contributed by atoms with Gasteiger partial charge >= 0.3 is 0 Å². The Morgan fingerprint density at radius 1 is 1.04 bits per heavy atom. The van der Waals surface area contributed by atoms with E-state index in [9.17, 15) is 21.6 Å². The lowest BCUT2D eigenvalue weighted by Gasteiger charge is -2.07.